The number of anilines is 2. The van der Waals surface area contributed by atoms with Crippen LogP contribution in [0.5, 0.6) is 0 Å². The minimum Gasteiger partial charge on any atom is -0.356 e. The third-order valence-corrected chi connectivity index (χ3v) is 6.86. The Bertz CT molecular complexity index is 1100. The van der Waals surface area contributed by atoms with Crippen LogP contribution >= 0.6 is 11.6 Å². The van der Waals surface area contributed by atoms with Gasteiger partial charge in [-0.05, 0) is 48.4 Å². The number of hydrogen-bond donors (Lipinski definition) is 2. The molecule has 188 valence electrons. The van der Waals surface area contributed by atoms with Crippen LogP contribution in [0.3, 0.4) is 0 Å². The lowest BCUT2D eigenvalue weighted by Crippen LogP contribution is -2.35. The molecule has 1 aliphatic rings. The van der Waals surface area contributed by atoms with Crippen molar-refractivity contribution in [3.05, 3.63) is 52.2 Å². The quantitative estimate of drug-likeness (QED) is 0.499. The lowest BCUT2D eigenvalue weighted by atomic mass is 9.98. The molecule has 0 amide bonds. The fourth-order valence-corrected chi connectivity index (χ4v) is 4.80. The first kappa shape index (κ1) is 26.6. The molecule has 0 spiro atoms. The van der Waals surface area contributed by atoms with Crippen LogP contribution in [0, 0.1) is 5.92 Å². The Morgan fingerprint density at radius 2 is 1.88 bits per heavy atom. The molecule has 2 heterocycles. The van der Waals surface area contributed by atoms with Gasteiger partial charge < -0.3 is 10.2 Å². The molecule has 3 rings (SSSR count). The highest BCUT2D eigenvalue weighted by atomic mass is 35.5. The first-order chi connectivity index (χ1) is 15.8. The standard InChI is InChI=1S/C23H30ClF3N4O2S/c1-15-8-10-31(11-9-15)22-18(5-7-21(29-22)23(25,26)27)14-28-13-16(2)17-4-6-20(19(24)12-17)30-34(3,32)33/h4-7,12,15-16,28,30H,8-11,13-14H2,1-3H3. The van der Waals surface area contributed by atoms with Gasteiger partial charge in [-0.15, -0.1) is 0 Å². The zero-order valence-electron chi connectivity index (χ0n) is 19.4. The van der Waals surface area contributed by atoms with Gasteiger partial charge >= 0.3 is 6.18 Å². The molecule has 2 aromatic rings. The Morgan fingerprint density at radius 1 is 1.21 bits per heavy atom. The molecule has 1 atom stereocenters. The van der Waals surface area contributed by atoms with E-state index in [1.807, 2.05) is 11.8 Å². The highest BCUT2D eigenvalue weighted by molar-refractivity contribution is 7.92. The van der Waals surface area contributed by atoms with Crippen LogP contribution in [-0.4, -0.2) is 39.3 Å². The van der Waals surface area contributed by atoms with E-state index in [2.05, 4.69) is 21.9 Å². The van der Waals surface area contributed by atoms with Gasteiger partial charge in [0, 0.05) is 31.7 Å². The lowest BCUT2D eigenvalue weighted by molar-refractivity contribution is -0.141. The molecule has 1 unspecified atom stereocenters. The molecule has 1 saturated heterocycles. The summed E-state index contributed by atoms with van der Waals surface area (Å²) >= 11 is 6.23. The minimum atomic E-state index is -4.49. The monoisotopic (exact) mass is 518 g/mol. The lowest BCUT2D eigenvalue weighted by Gasteiger charge is -2.33. The minimum absolute atomic E-state index is 0.0338. The van der Waals surface area contributed by atoms with E-state index in [4.69, 9.17) is 11.6 Å². The number of pyridine rings is 1. The predicted octanol–water partition coefficient (Wildman–Crippen LogP) is 5.25. The van der Waals surface area contributed by atoms with E-state index < -0.39 is 21.9 Å². The molecular weight excluding hydrogens is 489 g/mol. The van der Waals surface area contributed by atoms with Crippen molar-refractivity contribution in [1.29, 1.82) is 0 Å². The maximum Gasteiger partial charge on any atom is 0.433 e. The number of sulfonamides is 1. The number of benzene rings is 1. The first-order valence-electron chi connectivity index (χ1n) is 11.1. The van der Waals surface area contributed by atoms with Crippen molar-refractivity contribution in [2.75, 3.05) is 35.5 Å². The molecule has 1 aromatic heterocycles. The molecule has 2 N–H and O–H groups in total. The number of nitrogens with zero attached hydrogens (tertiary/aromatic N) is 2. The summed E-state index contributed by atoms with van der Waals surface area (Å²) in [5.41, 5.74) is 1.06. The van der Waals surface area contributed by atoms with Gasteiger partial charge in [0.05, 0.1) is 17.0 Å². The molecule has 11 heteroatoms. The third-order valence-electron chi connectivity index (χ3n) is 5.95. The molecule has 0 saturated carbocycles. The van der Waals surface area contributed by atoms with Crippen LogP contribution < -0.4 is 14.9 Å². The summed E-state index contributed by atoms with van der Waals surface area (Å²) < 4.78 is 65.1. The summed E-state index contributed by atoms with van der Waals surface area (Å²) in [6, 6.07) is 7.66. The number of aromatic nitrogens is 1. The average Bonchev–Trinajstić information content (AvgIpc) is 2.74. The van der Waals surface area contributed by atoms with Gasteiger partial charge in [0.1, 0.15) is 11.5 Å². The van der Waals surface area contributed by atoms with Crippen molar-refractivity contribution in [3.63, 3.8) is 0 Å². The van der Waals surface area contributed by atoms with Crippen LogP contribution in [0.25, 0.3) is 0 Å². The summed E-state index contributed by atoms with van der Waals surface area (Å²) in [6.07, 6.45) is -1.59. The fraction of sp³-hybridized carbons (Fsp3) is 0.522. The molecule has 6 nitrogen and oxygen atoms in total. The Kier molecular flexibility index (Phi) is 8.36. The highest BCUT2D eigenvalue weighted by Crippen LogP contribution is 2.32. The Labute approximate surface area is 204 Å². The smallest absolute Gasteiger partial charge is 0.356 e. The van der Waals surface area contributed by atoms with Gasteiger partial charge in [-0.3, -0.25) is 4.72 Å². The maximum absolute atomic E-state index is 13.3. The molecule has 0 radical (unpaired) electrons. The maximum atomic E-state index is 13.3. The van der Waals surface area contributed by atoms with E-state index in [1.165, 1.54) is 6.07 Å². The van der Waals surface area contributed by atoms with Gasteiger partial charge in [-0.1, -0.05) is 37.6 Å². The number of hydrogen-bond acceptors (Lipinski definition) is 5. The third kappa shape index (κ3) is 7.23. The first-order valence-corrected chi connectivity index (χ1v) is 13.4. The van der Waals surface area contributed by atoms with Crippen molar-refractivity contribution >= 4 is 33.1 Å². The van der Waals surface area contributed by atoms with Crippen molar-refractivity contribution in [2.24, 2.45) is 5.92 Å². The van der Waals surface area contributed by atoms with Crippen LogP contribution in [0.1, 0.15) is 49.4 Å². The number of rotatable bonds is 8. The average molecular weight is 519 g/mol. The van der Waals surface area contributed by atoms with Crippen molar-refractivity contribution in [1.82, 2.24) is 10.3 Å². The number of nitrogens with one attached hydrogen (secondary N) is 2. The Hall–Kier alpha value is -2.04. The van der Waals surface area contributed by atoms with E-state index in [1.54, 1.807) is 18.2 Å². The second kappa shape index (κ2) is 10.7. The van der Waals surface area contributed by atoms with Crippen LogP contribution in [0.15, 0.2) is 30.3 Å². The molecular formula is C23H30ClF3N4O2S. The van der Waals surface area contributed by atoms with E-state index in [0.29, 0.717) is 48.6 Å². The van der Waals surface area contributed by atoms with E-state index in [0.717, 1.165) is 36.3 Å². The predicted molar refractivity (Wildman–Crippen MR) is 130 cm³/mol. The number of piperidine rings is 1. The van der Waals surface area contributed by atoms with Crippen LogP contribution in [-0.2, 0) is 22.7 Å². The summed E-state index contributed by atoms with van der Waals surface area (Å²) in [7, 11) is -3.43. The second-order valence-electron chi connectivity index (χ2n) is 8.99. The molecule has 0 bridgehead atoms. The summed E-state index contributed by atoms with van der Waals surface area (Å²) in [5, 5.41) is 3.61. The Balaban J connectivity index is 1.69. The SMILES string of the molecule is CC1CCN(c2nc(C(F)(F)F)ccc2CNCC(C)c2ccc(NS(C)(=O)=O)c(Cl)c2)CC1. The zero-order valence-corrected chi connectivity index (χ0v) is 21.0. The number of halogens is 4. The molecule has 34 heavy (non-hydrogen) atoms. The van der Waals surface area contributed by atoms with Gasteiger partial charge in [-0.2, -0.15) is 13.2 Å². The van der Waals surface area contributed by atoms with E-state index in [-0.39, 0.29) is 5.92 Å². The van der Waals surface area contributed by atoms with Crippen LogP contribution in [0.4, 0.5) is 24.7 Å². The molecule has 1 fully saturated rings. The number of alkyl halides is 3. The molecule has 1 aliphatic heterocycles. The largest absolute Gasteiger partial charge is 0.433 e. The van der Waals surface area contributed by atoms with Crippen molar-refractivity contribution < 1.29 is 21.6 Å². The zero-order chi connectivity index (χ0) is 25.1. The topological polar surface area (TPSA) is 74.3 Å². The van der Waals surface area contributed by atoms with Gasteiger partial charge in [-0.25, -0.2) is 13.4 Å². The highest BCUT2D eigenvalue weighted by Gasteiger charge is 2.34. The van der Waals surface area contributed by atoms with Crippen molar-refractivity contribution in [2.45, 2.75) is 45.3 Å². The molecule has 1 aromatic carbocycles. The van der Waals surface area contributed by atoms with Gasteiger partial charge in [0.15, 0.2) is 0 Å². The normalized spacial score (nSPS) is 16.5. The van der Waals surface area contributed by atoms with Gasteiger partial charge in [0.25, 0.3) is 0 Å². The van der Waals surface area contributed by atoms with Gasteiger partial charge in [0.2, 0.25) is 10.0 Å². The fourth-order valence-electron chi connectivity index (χ4n) is 3.93. The van der Waals surface area contributed by atoms with E-state index >= 15 is 0 Å². The summed E-state index contributed by atoms with van der Waals surface area (Å²) in [5.74, 6) is 0.975. The van der Waals surface area contributed by atoms with Crippen molar-refractivity contribution in [3.8, 4) is 0 Å². The summed E-state index contributed by atoms with van der Waals surface area (Å²) in [4.78, 5) is 5.93. The Morgan fingerprint density at radius 3 is 2.47 bits per heavy atom. The van der Waals surface area contributed by atoms with E-state index in [9.17, 15) is 21.6 Å². The molecule has 0 aliphatic carbocycles. The second-order valence-corrected chi connectivity index (χ2v) is 11.1. The van der Waals surface area contributed by atoms with Crippen LogP contribution in [0.2, 0.25) is 5.02 Å². The summed E-state index contributed by atoms with van der Waals surface area (Å²) in [6.45, 7) is 6.43.